The van der Waals surface area contributed by atoms with E-state index in [9.17, 15) is 0 Å². The van der Waals surface area contributed by atoms with Crippen LogP contribution in [0.15, 0.2) is 12.3 Å². The van der Waals surface area contributed by atoms with E-state index < -0.39 is 0 Å². The van der Waals surface area contributed by atoms with Gasteiger partial charge in [0.15, 0.2) is 0 Å². The molecule has 1 radical (unpaired) electrons. The van der Waals surface area contributed by atoms with Crippen LogP contribution in [0.1, 0.15) is 13.3 Å². The first-order chi connectivity index (χ1) is 2.91. The van der Waals surface area contributed by atoms with Gasteiger partial charge in [0, 0.05) is 13.2 Å². The van der Waals surface area contributed by atoms with E-state index in [0.29, 0.717) is 0 Å². The lowest BCUT2D eigenvalue weighted by molar-refractivity contribution is 1.05. The second-order valence-corrected chi connectivity index (χ2v) is 1.05. The quantitative estimate of drug-likeness (QED) is 0.476. The molecule has 0 aliphatic heterocycles. The molecule has 1 nitrogen and oxygen atoms in total. The molecule has 0 fully saturated rings. The molecule has 1 heteroatoms. The van der Waals surface area contributed by atoms with Gasteiger partial charge < -0.3 is 0 Å². The molecule has 0 aromatic rings. The summed E-state index contributed by atoms with van der Waals surface area (Å²) < 4.78 is 0. The molecule has 0 aromatic heterocycles. The Labute approximate surface area is 39.1 Å². The smallest absolute Gasteiger partial charge is 0.0276 e. The van der Waals surface area contributed by atoms with Gasteiger partial charge in [-0.05, 0) is 6.42 Å². The van der Waals surface area contributed by atoms with Crippen molar-refractivity contribution >= 4 is 0 Å². The van der Waals surface area contributed by atoms with Gasteiger partial charge in [-0.2, -0.15) is 0 Å². The Bertz CT molecular complexity index is 33.2. The third kappa shape index (κ3) is 3.54. The molecular weight excluding hydrogens is 74.1 g/mol. The highest BCUT2D eigenvalue weighted by molar-refractivity contribution is 4.74. The summed E-state index contributed by atoms with van der Waals surface area (Å²) in [4.78, 5) is 0. The van der Waals surface area contributed by atoms with Crippen LogP contribution in [-0.4, -0.2) is 7.05 Å². The Balaban J connectivity index is 2.73. The van der Waals surface area contributed by atoms with Crippen LogP contribution in [0, 0.1) is 0 Å². The first-order valence-electron chi connectivity index (χ1n) is 2.15. The molecule has 35 valence electrons. The Hall–Kier alpha value is -0.460. The number of nitrogens with zero attached hydrogens (tertiary/aromatic N) is 1. The molecule has 0 amide bonds. The average molecular weight is 84.1 g/mol. The van der Waals surface area contributed by atoms with Crippen LogP contribution < -0.4 is 5.32 Å². The van der Waals surface area contributed by atoms with E-state index in [4.69, 9.17) is 0 Å². The van der Waals surface area contributed by atoms with Crippen molar-refractivity contribution in [1.82, 2.24) is 5.32 Å². The van der Waals surface area contributed by atoms with E-state index in [-0.39, 0.29) is 0 Å². The van der Waals surface area contributed by atoms with Crippen molar-refractivity contribution in [3.63, 3.8) is 0 Å². The standard InChI is InChI=1S/C5H10N/c1-3-4-5-6-2/h4-5H,3H2,1-2H3. The maximum absolute atomic E-state index is 3.74. The minimum atomic E-state index is 1.08. The third-order valence-corrected chi connectivity index (χ3v) is 0.490. The second kappa shape index (κ2) is 4.54. The van der Waals surface area contributed by atoms with Gasteiger partial charge in [-0.25, -0.2) is 0 Å². The molecule has 0 aliphatic carbocycles. The van der Waals surface area contributed by atoms with Crippen molar-refractivity contribution in [3.05, 3.63) is 12.3 Å². The number of hydrogen-bond donors (Lipinski definition) is 0. The van der Waals surface area contributed by atoms with Crippen molar-refractivity contribution in [2.45, 2.75) is 13.3 Å². The molecule has 6 heavy (non-hydrogen) atoms. The lowest BCUT2D eigenvalue weighted by atomic mass is 10.5. The molecule has 0 heterocycles. The molecule has 0 N–H and O–H groups in total. The molecule has 0 aromatic carbocycles. The minimum Gasteiger partial charge on any atom is -0.297 e. The highest BCUT2D eigenvalue weighted by Crippen LogP contribution is 1.73. The zero-order valence-corrected chi connectivity index (χ0v) is 4.31. The van der Waals surface area contributed by atoms with Gasteiger partial charge in [0.05, 0.1) is 0 Å². The molecule has 0 saturated carbocycles. The first kappa shape index (κ1) is 5.54. The van der Waals surface area contributed by atoms with Crippen molar-refractivity contribution in [2.75, 3.05) is 7.05 Å². The van der Waals surface area contributed by atoms with E-state index in [2.05, 4.69) is 12.2 Å². The lowest BCUT2D eigenvalue weighted by Crippen LogP contribution is -1.77. The summed E-state index contributed by atoms with van der Waals surface area (Å²) in [6.07, 6.45) is 4.90. The molecule has 0 saturated heterocycles. The zero-order chi connectivity index (χ0) is 4.83. The third-order valence-electron chi connectivity index (χ3n) is 0.490. The Morgan fingerprint density at radius 3 is 2.50 bits per heavy atom. The topological polar surface area (TPSA) is 14.1 Å². The second-order valence-electron chi connectivity index (χ2n) is 1.05. The summed E-state index contributed by atoms with van der Waals surface area (Å²) in [6, 6.07) is 0. The maximum Gasteiger partial charge on any atom is 0.0276 e. The number of allylic oxidation sites excluding steroid dienone is 1. The van der Waals surface area contributed by atoms with Gasteiger partial charge in [-0.3, -0.25) is 5.32 Å². The SMILES string of the molecule is CCC=C[N]C. The summed E-state index contributed by atoms with van der Waals surface area (Å²) in [5, 5.41) is 3.74. The molecular formula is C5H10N. The van der Waals surface area contributed by atoms with Crippen LogP contribution in [0.4, 0.5) is 0 Å². The number of hydrogen-bond acceptors (Lipinski definition) is 0. The Morgan fingerprint density at radius 2 is 2.33 bits per heavy atom. The van der Waals surface area contributed by atoms with E-state index in [1.165, 1.54) is 0 Å². The van der Waals surface area contributed by atoms with Crippen molar-refractivity contribution < 1.29 is 0 Å². The zero-order valence-electron chi connectivity index (χ0n) is 4.31. The molecule has 0 rings (SSSR count). The van der Waals surface area contributed by atoms with Gasteiger partial charge >= 0.3 is 0 Å². The van der Waals surface area contributed by atoms with Gasteiger partial charge in [0.25, 0.3) is 0 Å². The van der Waals surface area contributed by atoms with Crippen molar-refractivity contribution in [3.8, 4) is 0 Å². The normalized spacial score (nSPS) is 9.67. The predicted octanol–water partition coefficient (Wildman–Crippen LogP) is 1.14. The summed E-state index contributed by atoms with van der Waals surface area (Å²) in [6.45, 7) is 2.08. The molecule has 0 unspecified atom stereocenters. The minimum absolute atomic E-state index is 1.08. The highest BCUT2D eigenvalue weighted by Gasteiger charge is 1.59. The van der Waals surface area contributed by atoms with E-state index in [0.717, 1.165) is 6.42 Å². The average Bonchev–Trinajstić information content (AvgIpc) is 1.61. The Kier molecular flexibility index (Phi) is 4.19. The fourth-order valence-electron chi connectivity index (χ4n) is 0.211. The van der Waals surface area contributed by atoms with Crippen LogP contribution in [-0.2, 0) is 0 Å². The summed E-state index contributed by atoms with van der Waals surface area (Å²) in [5.41, 5.74) is 0. The van der Waals surface area contributed by atoms with E-state index in [1.54, 1.807) is 13.2 Å². The summed E-state index contributed by atoms with van der Waals surface area (Å²) >= 11 is 0. The van der Waals surface area contributed by atoms with E-state index in [1.807, 2.05) is 6.08 Å². The van der Waals surface area contributed by atoms with Crippen LogP contribution in [0.2, 0.25) is 0 Å². The molecule has 0 spiro atoms. The van der Waals surface area contributed by atoms with Gasteiger partial charge in [-0.1, -0.05) is 13.0 Å². The molecule has 0 atom stereocenters. The lowest BCUT2D eigenvalue weighted by Gasteiger charge is -1.75. The Morgan fingerprint density at radius 1 is 1.67 bits per heavy atom. The molecule has 0 aliphatic rings. The summed E-state index contributed by atoms with van der Waals surface area (Å²) in [5.74, 6) is 0. The molecule has 0 bridgehead atoms. The fourth-order valence-corrected chi connectivity index (χ4v) is 0.211. The van der Waals surface area contributed by atoms with Crippen LogP contribution >= 0.6 is 0 Å². The van der Waals surface area contributed by atoms with Crippen LogP contribution in [0.5, 0.6) is 0 Å². The fraction of sp³-hybridized carbons (Fsp3) is 0.600. The van der Waals surface area contributed by atoms with Gasteiger partial charge in [0.1, 0.15) is 0 Å². The largest absolute Gasteiger partial charge is 0.297 e. The highest BCUT2D eigenvalue weighted by atomic mass is 14.8. The monoisotopic (exact) mass is 84.1 g/mol. The van der Waals surface area contributed by atoms with Crippen molar-refractivity contribution in [2.24, 2.45) is 0 Å². The summed E-state index contributed by atoms with van der Waals surface area (Å²) in [7, 11) is 1.77. The van der Waals surface area contributed by atoms with Gasteiger partial charge in [0.2, 0.25) is 0 Å². The van der Waals surface area contributed by atoms with Crippen molar-refractivity contribution in [1.29, 1.82) is 0 Å². The number of rotatable bonds is 2. The van der Waals surface area contributed by atoms with Gasteiger partial charge in [-0.15, -0.1) is 0 Å². The van der Waals surface area contributed by atoms with Crippen LogP contribution in [0.3, 0.4) is 0 Å². The predicted molar refractivity (Wildman–Crippen MR) is 27.5 cm³/mol. The first-order valence-corrected chi connectivity index (χ1v) is 2.15. The van der Waals surface area contributed by atoms with Crippen LogP contribution in [0.25, 0.3) is 0 Å². The van der Waals surface area contributed by atoms with E-state index >= 15 is 0 Å². The maximum atomic E-state index is 3.74.